The number of benzene rings is 4. The molecule has 4 heterocycles. The lowest BCUT2D eigenvalue weighted by atomic mass is 10.1. The highest BCUT2D eigenvalue weighted by atomic mass is 19.1. The first-order chi connectivity index (χ1) is 26.8. The minimum absolute atomic E-state index is 0. The summed E-state index contributed by atoms with van der Waals surface area (Å²) in [5.41, 5.74) is 5.30. The van der Waals surface area contributed by atoms with Crippen LogP contribution in [0.2, 0.25) is 0 Å². The lowest BCUT2D eigenvalue weighted by Gasteiger charge is -2.08. The Morgan fingerprint density at radius 1 is 0.696 bits per heavy atom. The van der Waals surface area contributed by atoms with E-state index in [4.69, 9.17) is 4.74 Å². The number of methoxy groups -OCH3 is 1. The van der Waals surface area contributed by atoms with Crippen LogP contribution in [0.5, 0.6) is 5.88 Å². The van der Waals surface area contributed by atoms with E-state index in [1.807, 2.05) is 18.2 Å². The zero-order chi connectivity index (χ0) is 38.3. The molecule has 0 saturated carbocycles. The molecular formula is C42H36F2N8O4. The molecule has 0 saturated heterocycles. The topological polar surface area (TPSA) is 149 Å². The van der Waals surface area contributed by atoms with Crippen molar-refractivity contribution in [1.82, 2.24) is 40.2 Å². The van der Waals surface area contributed by atoms with E-state index < -0.39 is 0 Å². The van der Waals surface area contributed by atoms with Crippen LogP contribution in [0.3, 0.4) is 0 Å². The average Bonchev–Trinajstić information content (AvgIpc) is 3.85. The van der Waals surface area contributed by atoms with Gasteiger partial charge in [0.1, 0.15) is 11.6 Å². The third-order valence-electron chi connectivity index (χ3n) is 8.61. The number of hydrogen-bond acceptors (Lipinski definition) is 7. The van der Waals surface area contributed by atoms with E-state index in [1.54, 1.807) is 95.7 Å². The summed E-state index contributed by atoms with van der Waals surface area (Å²) in [5.74, 6) is -0.614. The maximum absolute atomic E-state index is 13.2. The second-order valence-corrected chi connectivity index (χ2v) is 12.2. The molecule has 0 atom stereocenters. The Kier molecular flexibility index (Phi) is 11.7. The minimum atomic E-state index is -0.324. The third kappa shape index (κ3) is 8.50. The molecule has 8 aromatic rings. The van der Waals surface area contributed by atoms with E-state index in [0.29, 0.717) is 40.2 Å². The number of carbonyl (C=O) groups excluding carboxylic acids is 2. The third-order valence-corrected chi connectivity index (χ3v) is 8.61. The lowest BCUT2D eigenvalue weighted by Crippen LogP contribution is -2.23. The number of nitrogens with zero attached hydrogens (tertiary/aromatic N) is 5. The van der Waals surface area contributed by atoms with Gasteiger partial charge in [-0.05, 0) is 96.1 Å². The Labute approximate surface area is 319 Å². The van der Waals surface area contributed by atoms with Crippen LogP contribution in [-0.2, 0) is 13.1 Å². The van der Waals surface area contributed by atoms with Gasteiger partial charge in [0.05, 0.1) is 53.0 Å². The highest BCUT2D eigenvalue weighted by Gasteiger charge is 2.16. The van der Waals surface area contributed by atoms with Gasteiger partial charge in [-0.25, -0.2) is 23.1 Å². The number of rotatable bonds is 9. The zero-order valence-electron chi connectivity index (χ0n) is 29.2. The summed E-state index contributed by atoms with van der Waals surface area (Å²) in [6.45, 7) is 0.589. The fourth-order valence-electron chi connectivity index (χ4n) is 5.90. The number of amides is 2. The fraction of sp³-hybridized carbons (Fsp3) is 0.0952. The van der Waals surface area contributed by atoms with Crippen LogP contribution in [0.4, 0.5) is 8.78 Å². The van der Waals surface area contributed by atoms with Gasteiger partial charge in [0.15, 0.2) is 0 Å². The highest BCUT2D eigenvalue weighted by molar-refractivity contribution is 6.07. The predicted octanol–water partition coefficient (Wildman–Crippen LogP) is 6.92. The lowest BCUT2D eigenvalue weighted by molar-refractivity contribution is 0.0944. The van der Waals surface area contributed by atoms with Crippen molar-refractivity contribution in [3.05, 3.63) is 178 Å². The molecule has 8 rings (SSSR count). The van der Waals surface area contributed by atoms with Crippen molar-refractivity contribution in [3.63, 3.8) is 0 Å². The van der Waals surface area contributed by atoms with Crippen molar-refractivity contribution in [2.75, 3.05) is 7.11 Å². The first kappa shape index (κ1) is 38.3. The Morgan fingerprint density at radius 2 is 1.20 bits per heavy atom. The van der Waals surface area contributed by atoms with Crippen LogP contribution in [0.1, 0.15) is 39.3 Å². The molecule has 14 heteroatoms. The van der Waals surface area contributed by atoms with Gasteiger partial charge in [0, 0.05) is 48.4 Å². The molecular weight excluding hydrogens is 719 g/mol. The van der Waals surface area contributed by atoms with E-state index in [1.165, 1.54) is 36.5 Å². The number of ether oxygens (including phenoxy) is 1. The molecule has 0 fully saturated rings. The molecule has 0 aliphatic heterocycles. The molecule has 3 N–H and O–H groups in total. The normalized spacial score (nSPS) is 10.6. The monoisotopic (exact) mass is 754 g/mol. The number of carbonyl (C=O) groups is 2. The van der Waals surface area contributed by atoms with Gasteiger partial charge in [-0.2, -0.15) is 10.2 Å². The smallest absolute Gasteiger partial charge is 0.252 e. The van der Waals surface area contributed by atoms with E-state index in [9.17, 15) is 23.2 Å². The highest BCUT2D eigenvalue weighted by Crippen LogP contribution is 2.24. The maximum Gasteiger partial charge on any atom is 0.252 e. The van der Waals surface area contributed by atoms with Crippen molar-refractivity contribution >= 4 is 33.6 Å². The van der Waals surface area contributed by atoms with Crippen molar-refractivity contribution in [2.24, 2.45) is 0 Å². The average molecular weight is 755 g/mol. The first-order valence-corrected chi connectivity index (χ1v) is 17.0. The number of fused-ring (bicyclic) bond motifs is 2. The van der Waals surface area contributed by atoms with Gasteiger partial charge in [-0.3, -0.25) is 14.4 Å². The largest absolute Gasteiger partial charge is 0.481 e. The molecule has 56 heavy (non-hydrogen) atoms. The van der Waals surface area contributed by atoms with Crippen LogP contribution in [0, 0.1) is 11.6 Å². The number of H-pyrrole nitrogens is 1. The standard InChI is InChI=1S/C21H17FN4O2.C20H15FN4O2.CH4/c1-28-20-11-14(9-10-23-20)12-24-21(27)17-3-2-4-19-18(17)13-25-26(19)16-7-5-15(22)6-8-16;21-14-4-6-15(7-5-14)25-18-3-1-2-16(17(18)12-24-25)20(27)23-11-13-8-9-22-19(26)10-13;/h2-11,13H,12H2,1H3,(H,24,27);1-10,12H,11H2,(H,22,26)(H,23,27);1H4. The summed E-state index contributed by atoms with van der Waals surface area (Å²) >= 11 is 0. The summed E-state index contributed by atoms with van der Waals surface area (Å²) in [5, 5.41) is 15.8. The number of aromatic amines is 1. The van der Waals surface area contributed by atoms with Crippen molar-refractivity contribution in [1.29, 1.82) is 0 Å². The summed E-state index contributed by atoms with van der Waals surface area (Å²) < 4.78 is 34.8. The molecule has 0 bridgehead atoms. The molecule has 4 aromatic heterocycles. The van der Waals surface area contributed by atoms with Gasteiger partial charge < -0.3 is 20.4 Å². The molecule has 282 valence electrons. The summed E-state index contributed by atoms with van der Waals surface area (Å²) in [6.07, 6.45) is 6.43. The van der Waals surface area contributed by atoms with Crippen LogP contribution >= 0.6 is 0 Å². The van der Waals surface area contributed by atoms with E-state index in [2.05, 4.69) is 30.8 Å². The first-order valence-electron chi connectivity index (χ1n) is 17.0. The molecule has 12 nitrogen and oxygen atoms in total. The molecule has 0 aliphatic rings. The van der Waals surface area contributed by atoms with Gasteiger partial charge in [-0.15, -0.1) is 0 Å². The molecule has 0 unspecified atom stereocenters. The van der Waals surface area contributed by atoms with Gasteiger partial charge in [0.25, 0.3) is 11.8 Å². The second kappa shape index (κ2) is 17.1. The van der Waals surface area contributed by atoms with Crippen molar-refractivity contribution in [2.45, 2.75) is 20.5 Å². The Balaban J connectivity index is 0.000000187. The minimum Gasteiger partial charge on any atom is -0.481 e. The molecule has 2 amide bonds. The Hall–Kier alpha value is -7.48. The zero-order valence-corrected chi connectivity index (χ0v) is 29.2. The fourth-order valence-corrected chi connectivity index (χ4v) is 5.90. The van der Waals surface area contributed by atoms with Crippen molar-refractivity contribution < 1.29 is 23.1 Å². The van der Waals surface area contributed by atoms with Crippen LogP contribution < -0.4 is 20.9 Å². The van der Waals surface area contributed by atoms with Gasteiger partial charge in [-0.1, -0.05) is 19.6 Å². The predicted molar refractivity (Wildman–Crippen MR) is 209 cm³/mol. The second-order valence-electron chi connectivity index (χ2n) is 12.2. The summed E-state index contributed by atoms with van der Waals surface area (Å²) in [4.78, 5) is 43.3. The van der Waals surface area contributed by atoms with Gasteiger partial charge in [0.2, 0.25) is 11.4 Å². The number of aromatic nitrogens is 6. The van der Waals surface area contributed by atoms with E-state index in [0.717, 1.165) is 27.7 Å². The summed E-state index contributed by atoms with van der Waals surface area (Å²) in [7, 11) is 1.55. The number of nitrogens with one attached hydrogen (secondary N) is 3. The van der Waals surface area contributed by atoms with Crippen LogP contribution in [0.25, 0.3) is 33.2 Å². The van der Waals surface area contributed by atoms with Crippen LogP contribution in [0.15, 0.2) is 139 Å². The molecule has 0 spiro atoms. The number of pyridine rings is 2. The Bertz CT molecular complexity index is 2690. The molecule has 0 radical (unpaired) electrons. The quantitative estimate of drug-likeness (QED) is 0.145. The van der Waals surface area contributed by atoms with E-state index >= 15 is 0 Å². The van der Waals surface area contributed by atoms with Gasteiger partial charge >= 0.3 is 0 Å². The maximum atomic E-state index is 13.2. The molecule has 4 aromatic carbocycles. The van der Waals surface area contributed by atoms with Crippen molar-refractivity contribution in [3.8, 4) is 17.3 Å². The molecule has 0 aliphatic carbocycles. The van der Waals surface area contributed by atoms with Crippen LogP contribution in [-0.4, -0.2) is 48.5 Å². The SMILES string of the molecule is C.COc1cc(CNC(=O)c2cccc3c2cnn3-c2ccc(F)cc2)ccn1.O=C(NCc1cc[nH]c(=O)c1)c1cccc2c1cnn2-c1ccc(F)cc1. The number of halogens is 2. The summed E-state index contributed by atoms with van der Waals surface area (Å²) in [6, 6.07) is 29.5. The van der Waals surface area contributed by atoms with E-state index in [-0.39, 0.29) is 43.0 Å². The number of hydrogen-bond donors (Lipinski definition) is 3. The Morgan fingerprint density at radius 3 is 1.68 bits per heavy atom.